The highest BCUT2D eigenvalue weighted by Crippen LogP contribution is 2.26. The fraction of sp³-hybridized carbons (Fsp3) is 0.267. The molecule has 0 aliphatic rings. The standard InChI is InChI=1S/C15H15N3O6S2/c1-4-23-13(19)12-8(2)16-14(25-12)17-26(21,22)9-5-6-10-11(7-9)24-15(20)18(10)3/h5-7H,4H2,1-3H3,(H,16,17). The summed E-state index contributed by atoms with van der Waals surface area (Å²) in [5.74, 6) is -1.14. The Bertz CT molecular complexity index is 1160. The Labute approximate surface area is 152 Å². The van der Waals surface area contributed by atoms with Gasteiger partial charge in [0.15, 0.2) is 10.7 Å². The SMILES string of the molecule is CCOC(=O)c1sc(NS(=O)(=O)c2ccc3c(c2)oc(=O)n3C)nc1C. The quantitative estimate of drug-likeness (QED) is 0.653. The van der Waals surface area contributed by atoms with Crippen molar-refractivity contribution in [3.63, 3.8) is 0 Å². The van der Waals surface area contributed by atoms with E-state index in [1.807, 2.05) is 0 Å². The van der Waals surface area contributed by atoms with E-state index in [1.165, 1.54) is 29.8 Å². The number of aromatic nitrogens is 2. The van der Waals surface area contributed by atoms with E-state index in [0.717, 1.165) is 11.3 Å². The van der Waals surface area contributed by atoms with Gasteiger partial charge in [0.2, 0.25) is 0 Å². The van der Waals surface area contributed by atoms with Gasteiger partial charge >= 0.3 is 11.7 Å². The Morgan fingerprint density at radius 3 is 2.85 bits per heavy atom. The van der Waals surface area contributed by atoms with Gasteiger partial charge in [0.25, 0.3) is 10.0 Å². The van der Waals surface area contributed by atoms with Gasteiger partial charge in [-0.2, -0.15) is 0 Å². The molecule has 0 aliphatic heterocycles. The van der Waals surface area contributed by atoms with Gasteiger partial charge in [0.1, 0.15) is 4.88 Å². The van der Waals surface area contributed by atoms with Crippen LogP contribution in [0.15, 0.2) is 32.3 Å². The van der Waals surface area contributed by atoms with E-state index in [2.05, 4.69) is 9.71 Å². The molecule has 0 bridgehead atoms. The largest absolute Gasteiger partial charge is 0.462 e. The molecule has 26 heavy (non-hydrogen) atoms. The van der Waals surface area contributed by atoms with Crippen LogP contribution in [0.5, 0.6) is 0 Å². The number of esters is 1. The number of hydrogen-bond donors (Lipinski definition) is 1. The second-order valence-electron chi connectivity index (χ2n) is 5.32. The Balaban J connectivity index is 1.93. The smallest absolute Gasteiger partial charge is 0.419 e. The predicted octanol–water partition coefficient (Wildman–Crippen LogP) is 1.87. The second-order valence-corrected chi connectivity index (χ2v) is 8.00. The van der Waals surface area contributed by atoms with Crippen molar-refractivity contribution in [1.82, 2.24) is 9.55 Å². The van der Waals surface area contributed by atoms with Crippen molar-refractivity contribution in [2.45, 2.75) is 18.7 Å². The van der Waals surface area contributed by atoms with Gasteiger partial charge in [0, 0.05) is 13.1 Å². The minimum Gasteiger partial charge on any atom is -0.462 e. The summed E-state index contributed by atoms with van der Waals surface area (Å²) >= 11 is 0.886. The molecule has 0 radical (unpaired) electrons. The van der Waals surface area contributed by atoms with Gasteiger partial charge < -0.3 is 9.15 Å². The molecule has 0 aliphatic carbocycles. The molecule has 0 unspecified atom stereocenters. The van der Waals surface area contributed by atoms with Crippen molar-refractivity contribution >= 4 is 43.6 Å². The lowest BCUT2D eigenvalue weighted by atomic mass is 10.3. The molecule has 3 aromatic rings. The van der Waals surface area contributed by atoms with Crippen LogP contribution in [-0.4, -0.2) is 30.5 Å². The van der Waals surface area contributed by atoms with Crippen LogP contribution in [0.25, 0.3) is 11.1 Å². The molecule has 1 aromatic carbocycles. The number of benzene rings is 1. The van der Waals surface area contributed by atoms with Gasteiger partial charge in [-0.1, -0.05) is 11.3 Å². The highest BCUT2D eigenvalue weighted by atomic mass is 32.2. The molecular weight excluding hydrogens is 382 g/mol. The number of carbonyl (C=O) groups excluding carboxylic acids is 1. The number of sulfonamides is 1. The van der Waals surface area contributed by atoms with E-state index in [1.54, 1.807) is 13.8 Å². The third-order valence-electron chi connectivity index (χ3n) is 3.55. The lowest BCUT2D eigenvalue weighted by Crippen LogP contribution is -2.12. The van der Waals surface area contributed by atoms with Gasteiger partial charge in [-0.25, -0.2) is 23.0 Å². The Morgan fingerprint density at radius 2 is 2.15 bits per heavy atom. The van der Waals surface area contributed by atoms with E-state index >= 15 is 0 Å². The number of rotatable bonds is 5. The summed E-state index contributed by atoms with van der Waals surface area (Å²) < 4.78 is 38.6. The summed E-state index contributed by atoms with van der Waals surface area (Å²) in [4.78, 5) is 27.5. The second kappa shape index (κ2) is 6.57. The summed E-state index contributed by atoms with van der Waals surface area (Å²) in [6.07, 6.45) is 0. The van der Waals surface area contributed by atoms with Gasteiger partial charge in [-0.15, -0.1) is 0 Å². The van der Waals surface area contributed by atoms with Crippen molar-refractivity contribution in [1.29, 1.82) is 0 Å². The maximum Gasteiger partial charge on any atom is 0.419 e. The zero-order valence-electron chi connectivity index (χ0n) is 14.1. The molecule has 11 heteroatoms. The van der Waals surface area contributed by atoms with Crippen LogP contribution in [0, 0.1) is 6.92 Å². The summed E-state index contributed by atoms with van der Waals surface area (Å²) in [6.45, 7) is 3.47. The Hall–Kier alpha value is -2.66. The van der Waals surface area contributed by atoms with Crippen molar-refractivity contribution in [2.75, 3.05) is 11.3 Å². The summed E-state index contributed by atoms with van der Waals surface area (Å²) in [5.41, 5.74) is 1.00. The third kappa shape index (κ3) is 3.22. The maximum atomic E-state index is 12.6. The minimum atomic E-state index is -3.98. The number of fused-ring (bicyclic) bond motifs is 1. The number of ether oxygens (including phenoxy) is 1. The molecule has 0 fully saturated rings. The van der Waals surface area contributed by atoms with Crippen LogP contribution in [0.1, 0.15) is 22.3 Å². The van der Waals surface area contributed by atoms with Crippen molar-refractivity contribution < 1.29 is 22.4 Å². The zero-order valence-corrected chi connectivity index (χ0v) is 15.7. The molecule has 0 atom stereocenters. The van der Waals surface area contributed by atoms with Crippen LogP contribution in [0.4, 0.5) is 5.13 Å². The van der Waals surface area contributed by atoms with E-state index in [9.17, 15) is 18.0 Å². The van der Waals surface area contributed by atoms with Crippen LogP contribution < -0.4 is 10.5 Å². The first-order valence-electron chi connectivity index (χ1n) is 7.50. The van der Waals surface area contributed by atoms with Crippen molar-refractivity contribution in [2.24, 2.45) is 7.05 Å². The van der Waals surface area contributed by atoms with Crippen LogP contribution >= 0.6 is 11.3 Å². The fourth-order valence-corrected chi connectivity index (χ4v) is 4.39. The van der Waals surface area contributed by atoms with E-state index in [-0.39, 0.29) is 27.1 Å². The van der Waals surface area contributed by atoms with Gasteiger partial charge in [0.05, 0.1) is 22.7 Å². The molecule has 2 aromatic heterocycles. The number of nitrogens with one attached hydrogen (secondary N) is 1. The lowest BCUT2D eigenvalue weighted by molar-refractivity contribution is 0.0531. The first kappa shape index (κ1) is 18.1. The topological polar surface area (TPSA) is 121 Å². The highest BCUT2D eigenvalue weighted by molar-refractivity contribution is 7.93. The molecule has 0 saturated heterocycles. The van der Waals surface area contributed by atoms with Gasteiger partial charge in [-0.05, 0) is 26.0 Å². The molecule has 3 rings (SSSR count). The summed E-state index contributed by atoms with van der Waals surface area (Å²) in [6, 6.07) is 4.09. The Morgan fingerprint density at radius 1 is 1.42 bits per heavy atom. The van der Waals surface area contributed by atoms with Crippen molar-refractivity contribution in [3.05, 3.63) is 39.3 Å². The average Bonchev–Trinajstić information content (AvgIpc) is 3.07. The maximum absolute atomic E-state index is 12.6. The summed E-state index contributed by atoms with van der Waals surface area (Å²) in [5, 5.41) is 0.0418. The van der Waals surface area contributed by atoms with Gasteiger partial charge in [-0.3, -0.25) is 9.29 Å². The number of nitrogens with zero attached hydrogens (tertiary/aromatic N) is 2. The molecule has 9 nitrogen and oxygen atoms in total. The highest BCUT2D eigenvalue weighted by Gasteiger charge is 2.22. The molecular formula is C15H15N3O6S2. The predicted molar refractivity (Wildman–Crippen MR) is 95.1 cm³/mol. The molecule has 0 saturated carbocycles. The summed E-state index contributed by atoms with van der Waals surface area (Å²) in [7, 11) is -2.45. The van der Waals surface area contributed by atoms with E-state index in [4.69, 9.17) is 9.15 Å². The van der Waals surface area contributed by atoms with Crippen LogP contribution in [0.2, 0.25) is 0 Å². The minimum absolute atomic E-state index is 0.0418. The number of anilines is 1. The van der Waals surface area contributed by atoms with Crippen molar-refractivity contribution in [3.8, 4) is 0 Å². The monoisotopic (exact) mass is 397 g/mol. The number of thiazole rings is 1. The number of carbonyl (C=O) groups is 1. The molecule has 2 heterocycles. The first-order valence-corrected chi connectivity index (χ1v) is 9.80. The number of hydrogen-bond acceptors (Lipinski definition) is 8. The average molecular weight is 397 g/mol. The van der Waals surface area contributed by atoms with Crippen LogP contribution in [0.3, 0.4) is 0 Å². The molecule has 1 N–H and O–H groups in total. The molecule has 138 valence electrons. The van der Waals surface area contributed by atoms with E-state index < -0.39 is 21.7 Å². The zero-order chi connectivity index (χ0) is 19.1. The lowest BCUT2D eigenvalue weighted by Gasteiger charge is -2.04. The number of aryl methyl sites for hydroxylation is 2. The first-order chi connectivity index (χ1) is 12.2. The van der Waals surface area contributed by atoms with E-state index in [0.29, 0.717) is 11.2 Å². The van der Waals surface area contributed by atoms with Crippen LogP contribution in [-0.2, 0) is 21.8 Å². The normalized spacial score (nSPS) is 11.7. The fourth-order valence-electron chi connectivity index (χ4n) is 2.28. The Kier molecular flexibility index (Phi) is 4.59. The molecule has 0 amide bonds. The molecule has 0 spiro atoms. The number of oxazole rings is 1. The third-order valence-corrected chi connectivity index (χ3v) is 6.07.